The predicted molar refractivity (Wildman–Crippen MR) is 44.2 cm³/mol. The number of nitrogens with zero attached hydrogens (tertiary/aromatic N) is 1. The van der Waals surface area contributed by atoms with E-state index < -0.39 is 5.91 Å². The molecule has 0 bridgehead atoms. The van der Waals surface area contributed by atoms with Crippen LogP contribution in [-0.2, 0) is 6.54 Å². The molecule has 4 N–H and O–H groups in total. The van der Waals surface area contributed by atoms with Crippen molar-refractivity contribution in [2.24, 2.45) is 11.5 Å². The number of carbonyl (C=O) groups excluding carboxylic acids is 1. The molecule has 0 saturated heterocycles. The number of primary amides is 1. The minimum absolute atomic E-state index is 0.408. The number of nitrogens with two attached hydrogens (primary N) is 2. The van der Waals surface area contributed by atoms with Crippen LogP contribution in [0.2, 0.25) is 0 Å². The van der Waals surface area contributed by atoms with Gasteiger partial charge in [0.25, 0.3) is 0 Å². The first-order valence-corrected chi connectivity index (χ1v) is 3.73. The second-order valence-electron chi connectivity index (χ2n) is 2.48. The molecule has 1 amide bonds. The summed E-state index contributed by atoms with van der Waals surface area (Å²) in [5.41, 5.74) is 10.9. The van der Waals surface area contributed by atoms with Gasteiger partial charge in [0.15, 0.2) is 18.9 Å². The summed E-state index contributed by atoms with van der Waals surface area (Å²) >= 11 is 0. The highest BCUT2D eigenvalue weighted by Gasteiger charge is 2.02. The Bertz CT molecular complexity index is 268. The fourth-order valence-electron chi connectivity index (χ4n) is 0.920. The van der Waals surface area contributed by atoms with Crippen molar-refractivity contribution in [3.63, 3.8) is 0 Å². The van der Waals surface area contributed by atoms with Gasteiger partial charge in [0.2, 0.25) is 5.91 Å². The fraction of sp³-hybridized carbons (Fsp3) is 0.250. The fourth-order valence-corrected chi connectivity index (χ4v) is 0.920. The summed E-state index contributed by atoms with van der Waals surface area (Å²) in [5.74, 6) is -0.408. The number of carbonyl (C=O) groups is 1. The van der Waals surface area contributed by atoms with Crippen LogP contribution in [0.25, 0.3) is 0 Å². The van der Waals surface area contributed by atoms with Crippen molar-refractivity contribution in [3.05, 3.63) is 30.1 Å². The largest absolute Gasteiger partial charge is 0.366 e. The van der Waals surface area contributed by atoms with Crippen LogP contribution >= 0.6 is 0 Å². The SMILES string of the molecule is NCC[n+]1ccc(C(N)=O)cc1. The standard InChI is InChI=1S/C8H11N3O/c9-3-6-11-4-1-7(2-5-11)8(10)12/h1-2,4-5H,3,6,9H2,(H-,10,12)/p+1. The molecule has 4 nitrogen and oxygen atoms in total. The molecular weight excluding hydrogens is 154 g/mol. The zero-order chi connectivity index (χ0) is 8.97. The lowest BCUT2D eigenvalue weighted by molar-refractivity contribution is -0.694. The first-order valence-electron chi connectivity index (χ1n) is 3.73. The van der Waals surface area contributed by atoms with Gasteiger partial charge in [-0.1, -0.05) is 0 Å². The van der Waals surface area contributed by atoms with E-state index in [4.69, 9.17) is 11.5 Å². The van der Waals surface area contributed by atoms with Gasteiger partial charge in [-0.15, -0.1) is 0 Å². The maximum Gasteiger partial charge on any atom is 0.249 e. The number of amides is 1. The molecule has 1 rings (SSSR count). The summed E-state index contributed by atoms with van der Waals surface area (Å²) < 4.78 is 1.90. The summed E-state index contributed by atoms with van der Waals surface area (Å²) in [5, 5.41) is 0. The lowest BCUT2D eigenvalue weighted by Crippen LogP contribution is -2.36. The molecule has 1 aromatic rings. The molecule has 0 aromatic carbocycles. The van der Waals surface area contributed by atoms with Gasteiger partial charge in [-0.05, 0) is 0 Å². The average molecular weight is 166 g/mol. The minimum atomic E-state index is -0.408. The Morgan fingerprint density at radius 2 is 2.00 bits per heavy atom. The molecule has 0 spiro atoms. The lowest BCUT2D eigenvalue weighted by Gasteiger charge is -1.94. The molecule has 1 heterocycles. The van der Waals surface area contributed by atoms with Crippen LogP contribution in [0.15, 0.2) is 24.5 Å². The zero-order valence-electron chi connectivity index (χ0n) is 6.73. The Balaban J connectivity index is 2.78. The van der Waals surface area contributed by atoms with Crippen molar-refractivity contribution in [2.45, 2.75) is 6.54 Å². The van der Waals surface area contributed by atoms with Gasteiger partial charge in [0, 0.05) is 12.1 Å². The van der Waals surface area contributed by atoms with Crippen LogP contribution in [-0.4, -0.2) is 12.5 Å². The van der Waals surface area contributed by atoms with Crippen LogP contribution in [0.1, 0.15) is 10.4 Å². The molecule has 0 aliphatic carbocycles. The Hall–Kier alpha value is -1.42. The molecule has 1 aromatic heterocycles. The van der Waals surface area contributed by atoms with E-state index in [1.807, 2.05) is 4.57 Å². The number of aromatic nitrogens is 1. The second-order valence-corrected chi connectivity index (χ2v) is 2.48. The number of hydrogen-bond donors (Lipinski definition) is 2. The van der Waals surface area contributed by atoms with E-state index in [0.717, 1.165) is 6.54 Å². The minimum Gasteiger partial charge on any atom is -0.366 e. The molecule has 0 fully saturated rings. The molecule has 0 atom stereocenters. The van der Waals surface area contributed by atoms with Crippen LogP contribution in [0.5, 0.6) is 0 Å². The number of pyridine rings is 1. The molecule has 12 heavy (non-hydrogen) atoms. The van der Waals surface area contributed by atoms with Gasteiger partial charge in [0.1, 0.15) is 0 Å². The molecule has 0 aliphatic rings. The van der Waals surface area contributed by atoms with E-state index in [0.29, 0.717) is 12.1 Å². The molecule has 4 heteroatoms. The maximum atomic E-state index is 10.7. The number of rotatable bonds is 3. The molecule has 0 radical (unpaired) electrons. The third kappa shape index (κ3) is 2.03. The van der Waals surface area contributed by atoms with Crippen molar-refractivity contribution >= 4 is 5.91 Å². The Labute approximate surface area is 70.8 Å². The van der Waals surface area contributed by atoms with Gasteiger partial charge in [-0.25, -0.2) is 4.57 Å². The van der Waals surface area contributed by atoms with E-state index in [1.165, 1.54) is 0 Å². The molecule has 0 unspecified atom stereocenters. The maximum absolute atomic E-state index is 10.7. The van der Waals surface area contributed by atoms with Gasteiger partial charge in [-0.2, -0.15) is 0 Å². The summed E-state index contributed by atoms with van der Waals surface area (Å²) in [6.07, 6.45) is 3.57. The van der Waals surface area contributed by atoms with Crippen LogP contribution in [0.4, 0.5) is 0 Å². The molecule has 64 valence electrons. The zero-order valence-corrected chi connectivity index (χ0v) is 6.73. The van der Waals surface area contributed by atoms with E-state index in [9.17, 15) is 4.79 Å². The van der Waals surface area contributed by atoms with E-state index in [2.05, 4.69) is 0 Å². The van der Waals surface area contributed by atoms with E-state index >= 15 is 0 Å². The topological polar surface area (TPSA) is 73.0 Å². The highest BCUT2D eigenvalue weighted by atomic mass is 16.1. The van der Waals surface area contributed by atoms with E-state index in [1.54, 1.807) is 24.5 Å². The highest BCUT2D eigenvalue weighted by Crippen LogP contribution is 1.91. The van der Waals surface area contributed by atoms with Crippen LogP contribution in [0.3, 0.4) is 0 Å². The van der Waals surface area contributed by atoms with Gasteiger partial charge in [0.05, 0.1) is 12.1 Å². The quantitative estimate of drug-likeness (QED) is 0.567. The van der Waals surface area contributed by atoms with Crippen molar-refractivity contribution in [1.29, 1.82) is 0 Å². The monoisotopic (exact) mass is 166 g/mol. The smallest absolute Gasteiger partial charge is 0.249 e. The number of hydrogen-bond acceptors (Lipinski definition) is 2. The Kier molecular flexibility index (Phi) is 2.76. The van der Waals surface area contributed by atoms with Gasteiger partial charge in [-0.3, -0.25) is 4.79 Å². The summed E-state index contributed by atoms with van der Waals surface area (Å²) in [7, 11) is 0. The van der Waals surface area contributed by atoms with Crippen LogP contribution in [0, 0.1) is 0 Å². The Morgan fingerprint density at radius 3 is 2.42 bits per heavy atom. The average Bonchev–Trinajstić information content (AvgIpc) is 2.06. The molecular formula is C8H12N3O+. The molecule has 0 saturated carbocycles. The van der Waals surface area contributed by atoms with Gasteiger partial charge < -0.3 is 11.5 Å². The first-order chi connectivity index (χ1) is 5.74. The second kappa shape index (κ2) is 3.82. The highest BCUT2D eigenvalue weighted by molar-refractivity contribution is 5.92. The third-order valence-electron chi connectivity index (χ3n) is 1.56. The van der Waals surface area contributed by atoms with Crippen molar-refractivity contribution in [3.8, 4) is 0 Å². The first kappa shape index (κ1) is 8.67. The van der Waals surface area contributed by atoms with Crippen LogP contribution < -0.4 is 16.0 Å². The summed E-state index contributed by atoms with van der Waals surface area (Å²) in [4.78, 5) is 10.7. The summed E-state index contributed by atoms with van der Waals surface area (Å²) in [6.45, 7) is 1.33. The van der Waals surface area contributed by atoms with Gasteiger partial charge >= 0.3 is 0 Å². The Morgan fingerprint density at radius 1 is 1.42 bits per heavy atom. The van der Waals surface area contributed by atoms with E-state index in [-0.39, 0.29) is 0 Å². The van der Waals surface area contributed by atoms with Crippen molar-refractivity contribution in [1.82, 2.24) is 0 Å². The normalized spacial score (nSPS) is 9.75. The lowest BCUT2D eigenvalue weighted by atomic mass is 10.2. The van der Waals surface area contributed by atoms with Crippen molar-refractivity contribution in [2.75, 3.05) is 6.54 Å². The molecule has 0 aliphatic heterocycles. The summed E-state index contributed by atoms with van der Waals surface area (Å²) in [6, 6.07) is 3.36. The van der Waals surface area contributed by atoms with Crippen molar-refractivity contribution < 1.29 is 9.36 Å². The third-order valence-corrected chi connectivity index (χ3v) is 1.56. The predicted octanol–water partition coefficient (Wildman–Crippen LogP) is -0.968.